The predicted molar refractivity (Wildman–Crippen MR) is 144 cm³/mol. The van der Waals surface area contributed by atoms with Crippen LogP contribution >= 0.6 is 11.3 Å². The van der Waals surface area contributed by atoms with Crippen LogP contribution in [0.15, 0.2) is 71.1 Å². The van der Waals surface area contributed by atoms with Crippen molar-refractivity contribution in [2.45, 2.75) is 48.6 Å². The molecule has 2 aromatic carbocycles. The zero-order chi connectivity index (χ0) is 24.8. The Hall–Kier alpha value is -2.54. The number of Topliss-reactive ketones (excluding diaryl/α,β-unsaturated/α-hetero) is 1. The van der Waals surface area contributed by atoms with Crippen LogP contribution in [0.5, 0.6) is 0 Å². The zero-order valence-electron chi connectivity index (χ0n) is 19.4. The molecule has 0 aliphatic heterocycles. The number of carbonyl (C=O) groups excluding carboxylic acids is 2. The molecule has 2 heterocycles. The van der Waals surface area contributed by atoms with Crippen LogP contribution in [0.2, 0.25) is 4.71 Å². The summed E-state index contributed by atoms with van der Waals surface area (Å²) in [5.41, 5.74) is 1.38. The molecule has 0 saturated carbocycles. The molecule has 4 aromatic rings. The van der Waals surface area contributed by atoms with Crippen LogP contribution in [0, 0.1) is 0 Å². The average molecular weight is 571 g/mol. The number of unbranched alkanes of at least 4 members (excludes halogenated alkanes) is 2. The van der Waals surface area contributed by atoms with Crippen LogP contribution in [0.1, 0.15) is 39.0 Å². The van der Waals surface area contributed by atoms with Gasteiger partial charge in [-0.15, -0.1) is 0 Å². The van der Waals surface area contributed by atoms with Gasteiger partial charge in [0.2, 0.25) is 0 Å². The maximum absolute atomic E-state index is 13.5. The van der Waals surface area contributed by atoms with Gasteiger partial charge < -0.3 is 0 Å². The second-order valence-electron chi connectivity index (χ2n) is 8.48. The number of nitrogens with zero attached hydrogens (tertiary/aromatic N) is 1. The second kappa shape index (κ2) is 11.5. The van der Waals surface area contributed by atoms with Crippen molar-refractivity contribution in [2.75, 3.05) is 5.32 Å². The van der Waals surface area contributed by atoms with E-state index in [1.807, 2.05) is 54.6 Å². The van der Waals surface area contributed by atoms with Crippen molar-refractivity contribution in [1.82, 2.24) is 4.98 Å². The van der Waals surface area contributed by atoms with E-state index in [1.54, 1.807) is 18.5 Å². The number of pyridine rings is 1. The van der Waals surface area contributed by atoms with E-state index in [0.29, 0.717) is 29.8 Å². The molecule has 1 unspecified atom stereocenters. The maximum atomic E-state index is 13.5. The second-order valence-corrected chi connectivity index (χ2v) is 17.4. The molecular formula is C26H27AsN2O4S2. The number of aromatic nitrogens is 1. The van der Waals surface area contributed by atoms with Gasteiger partial charge in [-0.1, -0.05) is 0 Å². The number of nitrogens with one attached hydrogen (secondary N) is 1. The van der Waals surface area contributed by atoms with E-state index in [0.717, 1.165) is 33.8 Å². The fourth-order valence-corrected chi connectivity index (χ4v) is 13.4. The normalized spacial score (nSPS) is 12.9. The van der Waals surface area contributed by atoms with Crippen molar-refractivity contribution >= 4 is 72.4 Å². The van der Waals surface area contributed by atoms with Crippen LogP contribution in [0.25, 0.3) is 21.0 Å². The molecule has 0 saturated heterocycles. The first-order valence-corrected chi connectivity index (χ1v) is 17.6. The van der Waals surface area contributed by atoms with E-state index in [4.69, 9.17) is 0 Å². The van der Waals surface area contributed by atoms with Crippen LogP contribution in [0.4, 0.5) is 5.69 Å². The Morgan fingerprint density at radius 3 is 2.66 bits per heavy atom. The summed E-state index contributed by atoms with van der Waals surface area (Å²) in [6.07, 6.45) is 4.82. The van der Waals surface area contributed by atoms with Crippen molar-refractivity contribution in [3.63, 3.8) is 0 Å². The summed E-state index contributed by atoms with van der Waals surface area (Å²) in [6, 6.07) is 16.9. The zero-order valence-corrected chi connectivity index (χ0v) is 23.1. The molecule has 2 aromatic heterocycles. The molecule has 182 valence electrons. The fourth-order valence-electron chi connectivity index (χ4n) is 3.92. The van der Waals surface area contributed by atoms with E-state index in [2.05, 4.69) is 10.3 Å². The number of benzene rings is 2. The molecule has 0 aliphatic carbocycles. The van der Waals surface area contributed by atoms with Crippen molar-refractivity contribution in [2.24, 2.45) is 0 Å². The number of hydrogen-bond donors (Lipinski definition) is 1. The Morgan fingerprint density at radius 1 is 1.06 bits per heavy atom. The van der Waals surface area contributed by atoms with Crippen molar-refractivity contribution in [1.29, 1.82) is 0 Å². The molecular weight excluding hydrogens is 543 g/mol. The van der Waals surface area contributed by atoms with Crippen molar-refractivity contribution < 1.29 is 18.0 Å². The Bertz CT molecular complexity index is 1470. The van der Waals surface area contributed by atoms with E-state index >= 15 is 0 Å². The third kappa shape index (κ3) is 6.57. The summed E-state index contributed by atoms with van der Waals surface area (Å²) >= 11 is -0.311. The Kier molecular flexibility index (Phi) is 8.37. The number of para-hydroxylation sites is 1. The number of amides is 1. The van der Waals surface area contributed by atoms with Gasteiger partial charge in [0.15, 0.2) is 0 Å². The summed E-state index contributed by atoms with van der Waals surface area (Å²) in [5, 5.41) is 6.23. The SMILES string of the molecule is CC(=O)CCCCC[C@H]([AsH]S(=O)(=O)c1csc2ccccc12)C(=O)Nc1cnc2ccccc2c1. The number of rotatable bonds is 11. The number of anilines is 1. The van der Waals surface area contributed by atoms with Crippen LogP contribution in [-0.2, 0) is 17.7 Å². The average Bonchev–Trinajstić information content (AvgIpc) is 3.28. The first kappa shape index (κ1) is 25.5. The van der Waals surface area contributed by atoms with Gasteiger partial charge in [0.25, 0.3) is 0 Å². The van der Waals surface area contributed by atoms with Gasteiger partial charge in [0.1, 0.15) is 0 Å². The van der Waals surface area contributed by atoms with E-state index in [-0.39, 0.29) is 11.7 Å². The number of fused-ring (bicyclic) bond motifs is 2. The molecule has 0 spiro atoms. The number of thiophene rings is 1. The third-order valence-electron chi connectivity index (χ3n) is 5.73. The first-order chi connectivity index (χ1) is 16.8. The van der Waals surface area contributed by atoms with E-state index in [9.17, 15) is 18.0 Å². The number of hydrogen-bond acceptors (Lipinski definition) is 6. The van der Waals surface area contributed by atoms with Gasteiger partial charge in [-0.05, 0) is 0 Å². The quantitative estimate of drug-likeness (QED) is 0.189. The van der Waals surface area contributed by atoms with Gasteiger partial charge in [-0.25, -0.2) is 0 Å². The number of ketones is 1. The van der Waals surface area contributed by atoms with E-state index < -0.39 is 27.4 Å². The van der Waals surface area contributed by atoms with Gasteiger partial charge >= 0.3 is 216 Å². The minimum absolute atomic E-state index is 0.142. The molecule has 0 bridgehead atoms. The van der Waals surface area contributed by atoms with Gasteiger partial charge in [0.05, 0.1) is 0 Å². The van der Waals surface area contributed by atoms with Crippen LogP contribution in [-0.4, -0.2) is 39.7 Å². The Morgan fingerprint density at radius 2 is 1.83 bits per heavy atom. The topological polar surface area (TPSA) is 93.2 Å². The summed E-state index contributed by atoms with van der Waals surface area (Å²) < 4.78 is 27.2. The molecule has 2 atom stereocenters. The molecule has 1 amide bonds. The molecule has 0 radical (unpaired) electrons. The monoisotopic (exact) mass is 570 g/mol. The third-order valence-corrected chi connectivity index (χ3v) is 14.6. The minimum atomic E-state index is -3.57. The molecule has 1 N–H and O–H groups in total. The van der Waals surface area contributed by atoms with Gasteiger partial charge in [0, 0.05) is 0 Å². The van der Waals surface area contributed by atoms with Gasteiger partial charge in [-0.3, -0.25) is 0 Å². The van der Waals surface area contributed by atoms with Crippen LogP contribution in [0.3, 0.4) is 0 Å². The molecule has 6 nitrogen and oxygen atoms in total. The molecule has 0 aliphatic rings. The number of carbonyl (C=O) groups is 2. The Balaban J connectivity index is 1.53. The predicted octanol–water partition coefficient (Wildman–Crippen LogP) is 5.54. The van der Waals surface area contributed by atoms with Gasteiger partial charge in [-0.2, -0.15) is 0 Å². The summed E-state index contributed by atoms with van der Waals surface area (Å²) in [5.74, 6) is -0.139. The van der Waals surface area contributed by atoms with E-state index in [1.165, 1.54) is 11.3 Å². The summed E-state index contributed by atoms with van der Waals surface area (Å²) in [6.45, 7) is 1.57. The standard InChI is InChI=1S/C26H27AsN2O4S2/c1-18(30)9-3-2-4-12-22(26(31)29-20-15-19-10-5-7-13-23(19)28-16-20)27-35(32,33)25-17-34-24-14-8-6-11-21(24)25/h5-8,10-11,13-17,22,27H,2-4,9,12H2,1H3,(H,29,31)/t22-/m0/s1. The molecule has 35 heavy (non-hydrogen) atoms. The fraction of sp³-hybridized carbons (Fsp3) is 0.269. The molecule has 4 rings (SSSR count). The molecule has 9 heteroatoms. The molecule has 0 fully saturated rings. The van der Waals surface area contributed by atoms with Crippen LogP contribution < -0.4 is 5.32 Å². The van der Waals surface area contributed by atoms with Crippen molar-refractivity contribution in [3.8, 4) is 0 Å². The Labute approximate surface area is 214 Å². The van der Waals surface area contributed by atoms with Crippen molar-refractivity contribution in [3.05, 3.63) is 66.2 Å². The summed E-state index contributed by atoms with van der Waals surface area (Å²) in [7, 11) is -3.57. The first-order valence-electron chi connectivity index (χ1n) is 11.5. The summed E-state index contributed by atoms with van der Waals surface area (Å²) in [4.78, 5) is 29.3.